The van der Waals surface area contributed by atoms with Crippen LogP contribution in [0.3, 0.4) is 0 Å². The zero-order chi connectivity index (χ0) is 21.1. The smallest absolute Gasteiger partial charge is 0.224 e. The van der Waals surface area contributed by atoms with E-state index in [-0.39, 0.29) is 35.8 Å². The number of carbonyl (C=O) groups excluding carboxylic acids is 2. The van der Waals surface area contributed by atoms with Gasteiger partial charge >= 0.3 is 0 Å². The van der Waals surface area contributed by atoms with Crippen LogP contribution in [0.5, 0.6) is 0 Å². The zero-order valence-electron chi connectivity index (χ0n) is 18.4. The van der Waals surface area contributed by atoms with Crippen molar-refractivity contribution in [3.05, 3.63) is 35.4 Å². The molecule has 2 amide bonds. The molecule has 0 radical (unpaired) electrons. The Morgan fingerprint density at radius 1 is 1.10 bits per heavy atom. The number of benzene rings is 1. The molecule has 0 spiro atoms. The lowest BCUT2D eigenvalue weighted by Gasteiger charge is -2.19. The van der Waals surface area contributed by atoms with Crippen LogP contribution in [-0.2, 0) is 22.7 Å². The van der Waals surface area contributed by atoms with Gasteiger partial charge in [-0.05, 0) is 38.3 Å². The van der Waals surface area contributed by atoms with E-state index in [0.29, 0.717) is 38.4 Å². The summed E-state index contributed by atoms with van der Waals surface area (Å²) in [6, 6.07) is 8.26. The fourth-order valence-electron chi connectivity index (χ4n) is 3.38. The Morgan fingerprint density at radius 2 is 1.77 bits per heavy atom. The number of amides is 2. The molecule has 8 heteroatoms. The predicted octanol–water partition coefficient (Wildman–Crippen LogP) is 2.74. The van der Waals surface area contributed by atoms with Gasteiger partial charge in [0.15, 0.2) is 5.96 Å². The summed E-state index contributed by atoms with van der Waals surface area (Å²) in [5.41, 5.74) is 2.26. The molecule has 1 aromatic rings. The first-order valence-electron chi connectivity index (χ1n) is 10.7. The maximum atomic E-state index is 12.1. The number of nitrogens with zero attached hydrogens (tertiary/aromatic N) is 3. The average molecular weight is 529 g/mol. The Morgan fingerprint density at radius 3 is 2.33 bits per heavy atom. The monoisotopic (exact) mass is 529 g/mol. The van der Waals surface area contributed by atoms with Crippen molar-refractivity contribution in [2.45, 2.75) is 53.1 Å². The molecule has 168 valence electrons. The fourth-order valence-corrected chi connectivity index (χ4v) is 3.38. The number of rotatable bonds is 10. The Labute approximate surface area is 197 Å². The number of aliphatic imine (C=N–C) groups is 1. The van der Waals surface area contributed by atoms with Gasteiger partial charge in [-0.2, -0.15) is 0 Å². The third kappa shape index (κ3) is 8.49. The van der Waals surface area contributed by atoms with E-state index < -0.39 is 0 Å². The van der Waals surface area contributed by atoms with Gasteiger partial charge in [0, 0.05) is 52.1 Å². The third-order valence-electron chi connectivity index (χ3n) is 5.08. The summed E-state index contributed by atoms with van der Waals surface area (Å²) < 4.78 is 0. The quantitative estimate of drug-likeness (QED) is 0.278. The Kier molecular flexibility index (Phi) is 12.4. The number of halogens is 1. The van der Waals surface area contributed by atoms with Crippen molar-refractivity contribution in [1.82, 2.24) is 20.4 Å². The lowest BCUT2D eigenvalue weighted by molar-refractivity contribution is -0.130. The van der Waals surface area contributed by atoms with Crippen LogP contribution in [-0.4, -0.2) is 60.3 Å². The number of hydrogen-bond donors (Lipinski definition) is 2. The minimum absolute atomic E-state index is 0. The zero-order valence-corrected chi connectivity index (χ0v) is 20.8. The van der Waals surface area contributed by atoms with Crippen LogP contribution in [0, 0.1) is 0 Å². The molecule has 0 bridgehead atoms. The van der Waals surface area contributed by atoms with Crippen molar-refractivity contribution >= 4 is 41.8 Å². The molecular formula is C22H36IN5O2. The topological polar surface area (TPSA) is 77.0 Å². The van der Waals surface area contributed by atoms with Crippen LogP contribution >= 0.6 is 24.0 Å². The summed E-state index contributed by atoms with van der Waals surface area (Å²) >= 11 is 0. The molecule has 2 N–H and O–H groups in total. The van der Waals surface area contributed by atoms with Gasteiger partial charge in [0.05, 0.1) is 6.54 Å². The summed E-state index contributed by atoms with van der Waals surface area (Å²) in [7, 11) is 0. The Bertz CT molecular complexity index is 689. The van der Waals surface area contributed by atoms with Gasteiger partial charge < -0.3 is 20.4 Å². The largest absolute Gasteiger partial charge is 0.357 e. The molecule has 0 atom stereocenters. The van der Waals surface area contributed by atoms with Gasteiger partial charge in [-0.15, -0.1) is 24.0 Å². The van der Waals surface area contributed by atoms with Crippen LogP contribution in [0.2, 0.25) is 0 Å². The summed E-state index contributed by atoms with van der Waals surface area (Å²) in [5.74, 6) is 1.12. The highest BCUT2D eigenvalue weighted by atomic mass is 127. The lowest BCUT2D eigenvalue weighted by atomic mass is 10.1. The van der Waals surface area contributed by atoms with E-state index in [2.05, 4.69) is 39.9 Å². The standard InChI is InChI=1S/C22H35N5O2.HI/c1-4-23-22(24-14-13-21(29)26(5-2)6-3)25-16-18-9-11-19(12-10-18)17-27-15-7-8-20(27)28;/h9-12H,4-8,13-17H2,1-3H3,(H2,23,24,25);1H. The van der Waals surface area contributed by atoms with Crippen molar-refractivity contribution < 1.29 is 9.59 Å². The average Bonchev–Trinajstić information content (AvgIpc) is 3.12. The molecule has 1 heterocycles. The maximum absolute atomic E-state index is 12.1. The van der Waals surface area contributed by atoms with E-state index in [4.69, 9.17) is 0 Å². The molecule has 1 aromatic carbocycles. The van der Waals surface area contributed by atoms with Gasteiger partial charge in [-0.1, -0.05) is 24.3 Å². The highest BCUT2D eigenvalue weighted by molar-refractivity contribution is 14.0. The molecule has 1 aliphatic rings. The second-order valence-corrected chi connectivity index (χ2v) is 7.17. The lowest BCUT2D eigenvalue weighted by Crippen LogP contribution is -2.40. The minimum Gasteiger partial charge on any atom is -0.357 e. The molecule has 7 nitrogen and oxygen atoms in total. The number of likely N-dealkylation sites (tertiary alicyclic amines) is 1. The van der Waals surface area contributed by atoms with Crippen LogP contribution < -0.4 is 10.6 Å². The van der Waals surface area contributed by atoms with E-state index >= 15 is 0 Å². The number of carbonyl (C=O) groups is 2. The van der Waals surface area contributed by atoms with Gasteiger partial charge in [0.2, 0.25) is 11.8 Å². The first-order valence-corrected chi connectivity index (χ1v) is 10.7. The highest BCUT2D eigenvalue weighted by Crippen LogP contribution is 2.15. The van der Waals surface area contributed by atoms with Gasteiger partial charge in [-0.25, -0.2) is 4.99 Å². The third-order valence-corrected chi connectivity index (χ3v) is 5.08. The summed E-state index contributed by atoms with van der Waals surface area (Å²) in [6.07, 6.45) is 2.09. The molecule has 0 saturated carbocycles. The summed E-state index contributed by atoms with van der Waals surface area (Å²) in [6.45, 7) is 10.9. The van der Waals surface area contributed by atoms with Gasteiger partial charge in [-0.3, -0.25) is 9.59 Å². The molecule has 0 aromatic heterocycles. The first-order chi connectivity index (χ1) is 14.1. The summed E-state index contributed by atoms with van der Waals surface area (Å²) in [4.78, 5) is 32.2. The molecule has 1 saturated heterocycles. The fraction of sp³-hybridized carbons (Fsp3) is 0.591. The molecule has 1 aliphatic heterocycles. The van der Waals surface area contributed by atoms with E-state index in [9.17, 15) is 9.59 Å². The second-order valence-electron chi connectivity index (χ2n) is 7.17. The van der Waals surface area contributed by atoms with Crippen LogP contribution in [0.15, 0.2) is 29.3 Å². The van der Waals surface area contributed by atoms with Crippen molar-refractivity contribution in [1.29, 1.82) is 0 Å². The van der Waals surface area contributed by atoms with Crippen molar-refractivity contribution in [3.8, 4) is 0 Å². The second kappa shape index (κ2) is 14.2. The van der Waals surface area contributed by atoms with E-state index in [1.165, 1.54) is 0 Å². The van der Waals surface area contributed by atoms with E-state index in [1.807, 2.05) is 30.6 Å². The van der Waals surface area contributed by atoms with E-state index in [1.54, 1.807) is 0 Å². The van der Waals surface area contributed by atoms with Crippen molar-refractivity contribution in [2.75, 3.05) is 32.7 Å². The van der Waals surface area contributed by atoms with Crippen molar-refractivity contribution in [3.63, 3.8) is 0 Å². The van der Waals surface area contributed by atoms with Gasteiger partial charge in [0.1, 0.15) is 0 Å². The Hall–Kier alpha value is -1.84. The molecule has 0 aliphatic carbocycles. The summed E-state index contributed by atoms with van der Waals surface area (Å²) in [5, 5.41) is 6.45. The van der Waals surface area contributed by atoms with Crippen molar-refractivity contribution in [2.24, 2.45) is 4.99 Å². The molecule has 0 unspecified atom stereocenters. The molecule has 2 rings (SSSR count). The Balaban J connectivity index is 0.00000450. The normalized spacial score (nSPS) is 13.8. The van der Waals surface area contributed by atoms with Crippen LogP contribution in [0.25, 0.3) is 0 Å². The predicted molar refractivity (Wildman–Crippen MR) is 132 cm³/mol. The number of hydrogen-bond acceptors (Lipinski definition) is 3. The highest BCUT2D eigenvalue weighted by Gasteiger charge is 2.19. The van der Waals surface area contributed by atoms with Crippen LogP contribution in [0.1, 0.15) is 51.2 Å². The number of nitrogens with one attached hydrogen (secondary N) is 2. The minimum atomic E-state index is 0. The van der Waals surface area contributed by atoms with E-state index in [0.717, 1.165) is 43.7 Å². The van der Waals surface area contributed by atoms with Gasteiger partial charge in [0.25, 0.3) is 0 Å². The first kappa shape index (κ1) is 26.2. The molecule has 30 heavy (non-hydrogen) atoms. The SMILES string of the molecule is CCNC(=NCc1ccc(CN2CCCC2=O)cc1)NCCC(=O)N(CC)CC.I. The van der Waals surface area contributed by atoms with Crippen LogP contribution in [0.4, 0.5) is 0 Å². The maximum Gasteiger partial charge on any atom is 0.224 e. The molecular weight excluding hydrogens is 493 g/mol. The molecule has 1 fully saturated rings. The number of guanidine groups is 1.